The minimum absolute atomic E-state index is 0.0980. The fourth-order valence-corrected chi connectivity index (χ4v) is 2.04. The molecule has 1 heterocycles. The van der Waals surface area contributed by atoms with Crippen LogP contribution in [0.3, 0.4) is 0 Å². The standard InChI is InChI=1S/C14H14N2O5/c1-16-11(6-10(15-16)14(18)19)9-5-13(21-3)12(20-2)4-8(9)7-17/h4-7H,1-3H3,(H,18,19). The van der Waals surface area contributed by atoms with Crippen LogP contribution in [0.2, 0.25) is 0 Å². The van der Waals surface area contributed by atoms with E-state index in [-0.39, 0.29) is 5.69 Å². The Morgan fingerprint density at radius 3 is 2.33 bits per heavy atom. The molecule has 0 atom stereocenters. The molecule has 0 bridgehead atoms. The van der Waals surface area contributed by atoms with Gasteiger partial charge in [0.1, 0.15) is 0 Å². The molecular weight excluding hydrogens is 276 g/mol. The van der Waals surface area contributed by atoms with Crippen molar-refractivity contribution in [2.24, 2.45) is 7.05 Å². The first-order valence-electron chi connectivity index (χ1n) is 6.00. The number of benzene rings is 1. The summed E-state index contributed by atoms with van der Waals surface area (Å²) in [6, 6.07) is 4.55. The van der Waals surface area contributed by atoms with Crippen molar-refractivity contribution in [3.63, 3.8) is 0 Å². The molecule has 0 spiro atoms. The molecule has 0 saturated heterocycles. The summed E-state index contributed by atoms with van der Waals surface area (Å²) < 4.78 is 11.7. The number of rotatable bonds is 5. The monoisotopic (exact) mass is 290 g/mol. The van der Waals surface area contributed by atoms with Gasteiger partial charge in [0.05, 0.1) is 19.9 Å². The Balaban J connectivity index is 2.67. The van der Waals surface area contributed by atoms with Gasteiger partial charge < -0.3 is 14.6 Å². The van der Waals surface area contributed by atoms with Crippen LogP contribution in [-0.4, -0.2) is 41.4 Å². The fourth-order valence-electron chi connectivity index (χ4n) is 2.04. The maximum absolute atomic E-state index is 11.3. The van der Waals surface area contributed by atoms with E-state index in [0.717, 1.165) is 0 Å². The molecule has 0 amide bonds. The molecule has 7 heteroatoms. The Morgan fingerprint density at radius 1 is 1.24 bits per heavy atom. The molecule has 0 aliphatic carbocycles. The number of aldehydes is 1. The Labute approximate surface area is 120 Å². The summed E-state index contributed by atoms with van der Waals surface area (Å²) in [6.45, 7) is 0. The third-order valence-corrected chi connectivity index (χ3v) is 3.06. The zero-order valence-electron chi connectivity index (χ0n) is 11.8. The lowest BCUT2D eigenvalue weighted by Crippen LogP contribution is -2.00. The quantitative estimate of drug-likeness (QED) is 0.841. The average Bonchev–Trinajstić information content (AvgIpc) is 2.87. The number of carboxylic acid groups (broad SMARTS) is 1. The Bertz CT molecular complexity index is 706. The minimum atomic E-state index is -1.13. The maximum Gasteiger partial charge on any atom is 0.356 e. The number of carbonyl (C=O) groups is 2. The Morgan fingerprint density at radius 2 is 1.86 bits per heavy atom. The van der Waals surface area contributed by atoms with E-state index in [9.17, 15) is 9.59 Å². The molecule has 1 N–H and O–H groups in total. The molecule has 0 radical (unpaired) electrons. The van der Waals surface area contributed by atoms with Crippen LogP contribution >= 0.6 is 0 Å². The molecular formula is C14H14N2O5. The fraction of sp³-hybridized carbons (Fsp3) is 0.214. The predicted octanol–water partition coefficient (Wildman–Crippen LogP) is 1.61. The van der Waals surface area contributed by atoms with Crippen LogP contribution in [0.15, 0.2) is 18.2 Å². The normalized spacial score (nSPS) is 10.2. The molecule has 1 aromatic heterocycles. The van der Waals surface area contributed by atoms with Gasteiger partial charge in [-0.3, -0.25) is 9.48 Å². The van der Waals surface area contributed by atoms with Gasteiger partial charge in [0, 0.05) is 18.2 Å². The van der Waals surface area contributed by atoms with Crippen molar-refractivity contribution in [1.29, 1.82) is 0 Å². The van der Waals surface area contributed by atoms with Crippen molar-refractivity contribution in [3.8, 4) is 22.8 Å². The average molecular weight is 290 g/mol. The van der Waals surface area contributed by atoms with E-state index in [1.54, 1.807) is 13.1 Å². The Hall–Kier alpha value is -2.83. The zero-order chi connectivity index (χ0) is 15.6. The van der Waals surface area contributed by atoms with E-state index < -0.39 is 5.97 Å². The van der Waals surface area contributed by atoms with Gasteiger partial charge in [-0.15, -0.1) is 0 Å². The van der Waals surface area contributed by atoms with Gasteiger partial charge in [0.25, 0.3) is 0 Å². The minimum Gasteiger partial charge on any atom is -0.493 e. The molecule has 110 valence electrons. The van der Waals surface area contributed by atoms with Crippen molar-refractivity contribution in [1.82, 2.24) is 9.78 Å². The second kappa shape index (κ2) is 5.66. The maximum atomic E-state index is 11.3. The third-order valence-electron chi connectivity index (χ3n) is 3.06. The molecule has 2 aromatic rings. The molecule has 0 saturated carbocycles. The van der Waals surface area contributed by atoms with Gasteiger partial charge in [-0.05, 0) is 18.2 Å². The molecule has 1 aromatic carbocycles. The van der Waals surface area contributed by atoms with Crippen molar-refractivity contribution in [2.45, 2.75) is 0 Å². The number of carboxylic acids is 1. The lowest BCUT2D eigenvalue weighted by Gasteiger charge is -2.12. The second-order valence-corrected chi connectivity index (χ2v) is 4.26. The van der Waals surface area contributed by atoms with Gasteiger partial charge in [0.2, 0.25) is 0 Å². The molecule has 0 fully saturated rings. The van der Waals surface area contributed by atoms with E-state index >= 15 is 0 Å². The molecule has 0 unspecified atom stereocenters. The molecule has 2 rings (SSSR count). The summed E-state index contributed by atoms with van der Waals surface area (Å²) in [6.07, 6.45) is 0.671. The van der Waals surface area contributed by atoms with Crippen LogP contribution in [0.4, 0.5) is 0 Å². The second-order valence-electron chi connectivity index (χ2n) is 4.26. The molecule has 0 aliphatic rings. The number of carbonyl (C=O) groups excluding carboxylic acids is 1. The van der Waals surface area contributed by atoms with E-state index in [4.69, 9.17) is 14.6 Å². The largest absolute Gasteiger partial charge is 0.493 e. The summed E-state index contributed by atoms with van der Waals surface area (Å²) in [5, 5.41) is 12.9. The van der Waals surface area contributed by atoms with Gasteiger partial charge in [-0.1, -0.05) is 0 Å². The molecule has 7 nitrogen and oxygen atoms in total. The van der Waals surface area contributed by atoms with Gasteiger partial charge >= 0.3 is 5.97 Å². The van der Waals surface area contributed by atoms with Crippen molar-refractivity contribution >= 4 is 12.3 Å². The van der Waals surface area contributed by atoms with E-state index in [1.165, 1.54) is 31.0 Å². The Kier molecular flexibility index (Phi) is 3.93. The summed E-state index contributed by atoms with van der Waals surface area (Å²) in [4.78, 5) is 22.3. The number of aromatic carboxylic acids is 1. The number of hydrogen-bond acceptors (Lipinski definition) is 5. The zero-order valence-corrected chi connectivity index (χ0v) is 11.8. The van der Waals surface area contributed by atoms with Crippen LogP contribution in [0.25, 0.3) is 11.3 Å². The first-order valence-corrected chi connectivity index (χ1v) is 6.00. The highest BCUT2D eigenvalue weighted by atomic mass is 16.5. The van der Waals surface area contributed by atoms with E-state index in [0.29, 0.717) is 34.6 Å². The number of hydrogen-bond donors (Lipinski definition) is 1. The van der Waals surface area contributed by atoms with Crippen molar-refractivity contribution in [2.75, 3.05) is 14.2 Å². The summed E-state index contributed by atoms with van der Waals surface area (Å²) in [5.41, 5.74) is 1.27. The lowest BCUT2D eigenvalue weighted by molar-refractivity contribution is 0.0689. The number of aryl methyl sites for hydroxylation is 1. The van der Waals surface area contributed by atoms with E-state index in [2.05, 4.69) is 5.10 Å². The highest BCUT2D eigenvalue weighted by molar-refractivity contribution is 5.91. The number of nitrogens with zero attached hydrogens (tertiary/aromatic N) is 2. The number of aromatic nitrogens is 2. The van der Waals surface area contributed by atoms with E-state index in [1.807, 2.05) is 0 Å². The van der Waals surface area contributed by atoms with Gasteiger partial charge in [0.15, 0.2) is 23.5 Å². The van der Waals surface area contributed by atoms with Crippen LogP contribution in [-0.2, 0) is 7.05 Å². The van der Waals surface area contributed by atoms with Crippen LogP contribution in [0.5, 0.6) is 11.5 Å². The van der Waals surface area contributed by atoms with Crippen LogP contribution in [0.1, 0.15) is 20.8 Å². The third kappa shape index (κ3) is 2.58. The summed E-state index contributed by atoms with van der Waals surface area (Å²) >= 11 is 0. The first-order chi connectivity index (χ1) is 10.0. The SMILES string of the molecule is COc1cc(C=O)c(-c2cc(C(=O)O)nn2C)cc1OC. The smallest absolute Gasteiger partial charge is 0.356 e. The summed E-state index contributed by atoms with van der Waals surface area (Å²) in [7, 11) is 4.56. The van der Waals surface area contributed by atoms with Gasteiger partial charge in [-0.2, -0.15) is 5.10 Å². The van der Waals surface area contributed by atoms with Crippen LogP contribution in [0, 0.1) is 0 Å². The van der Waals surface area contributed by atoms with Crippen LogP contribution < -0.4 is 9.47 Å². The highest BCUT2D eigenvalue weighted by Crippen LogP contribution is 2.35. The van der Waals surface area contributed by atoms with Gasteiger partial charge in [-0.25, -0.2) is 4.79 Å². The van der Waals surface area contributed by atoms with Crippen molar-refractivity contribution in [3.05, 3.63) is 29.5 Å². The summed E-state index contributed by atoms with van der Waals surface area (Å²) in [5.74, 6) is -0.273. The number of ether oxygens (including phenoxy) is 2. The van der Waals surface area contributed by atoms with Crippen molar-refractivity contribution < 1.29 is 24.2 Å². The highest BCUT2D eigenvalue weighted by Gasteiger charge is 2.18. The molecule has 21 heavy (non-hydrogen) atoms. The molecule has 0 aliphatic heterocycles. The first kappa shape index (κ1) is 14.6. The topological polar surface area (TPSA) is 90.7 Å². The number of methoxy groups -OCH3 is 2. The predicted molar refractivity (Wildman–Crippen MR) is 74.1 cm³/mol. The lowest BCUT2D eigenvalue weighted by atomic mass is 10.0.